The van der Waals surface area contributed by atoms with Crippen molar-refractivity contribution >= 4 is 5.97 Å². The summed E-state index contributed by atoms with van der Waals surface area (Å²) in [6.07, 6.45) is -0.754. The smallest absolute Gasteiger partial charge is 0.456 e. The van der Waals surface area contributed by atoms with E-state index < -0.39 is 30.6 Å². The maximum absolute atomic E-state index is 12.5. The second kappa shape index (κ2) is 4.20. The van der Waals surface area contributed by atoms with Crippen LogP contribution in [0.4, 0.5) is 22.0 Å². The Bertz CT molecular complexity index is 374. The van der Waals surface area contributed by atoms with Crippen LogP contribution in [-0.2, 0) is 9.53 Å². The topological polar surface area (TPSA) is 26.3 Å². The lowest BCUT2D eigenvalue weighted by atomic mass is 9.94. The van der Waals surface area contributed by atoms with Crippen LogP contribution in [0, 0.1) is 17.8 Å². The van der Waals surface area contributed by atoms with Crippen LogP contribution >= 0.6 is 0 Å². The van der Waals surface area contributed by atoms with Crippen LogP contribution in [0.25, 0.3) is 0 Å². The van der Waals surface area contributed by atoms with Gasteiger partial charge in [0.25, 0.3) is 0 Å². The molecule has 3 unspecified atom stereocenters. The zero-order valence-corrected chi connectivity index (χ0v) is 9.21. The molecule has 2 nitrogen and oxygen atoms in total. The summed E-state index contributed by atoms with van der Waals surface area (Å²) in [5.41, 5.74) is 0. The zero-order valence-electron chi connectivity index (χ0n) is 9.21. The Morgan fingerprint density at radius 2 is 1.83 bits per heavy atom. The van der Waals surface area contributed by atoms with Gasteiger partial charge in [-0.2, -0.15) is 22.0 Å². The van der Waals surface area contributed by atoms with E-state index in [0.717, 1.165) is 6.42 Å². The fourth-order valence-corrected chi connectivity index (χ4v) is 2.40. The fourth-order valence-electron chi connectivity index (χ4n) is 2.40. The van der Waals surface area contributed by atoms with E-state index in [-0.39, 0.29) is 11.8 Å². The highest BCUT2D eigenvalue weighted by Crippen LogP contribution is 2.44. The van der Waals surface area contributed by atoms with Crippen molar-refractivity contribution in [3.05, 3.63) is 12.2 Å². The van der Waals surface area contributed by atoms with Gasteiger partial charge in [0.05, 0.1) is 5.92 Å². The molecule has 0 radical (unpaired) electrons. The Morgan fingerprint density at radius 3 is 2.28 bits per heavy atom. The lowest BCUT2D eigenvalue weighted by Crippen LogP contribution is -2.42. The molecule has 0 heterocycles. The van der Waals surface area contributed by atoms with Gasteiger partial charge in [0.1, 0.15) is 0 Å². The molecular formula is C11H11F5O2. The molecule has 2 rings (SSSR count). The monoisotopic (exact) mass is 270 g/mol. The second-order valence-corrected chi connectivity index (χ2v) is 4.70. The summed E-state index contributed by atoms with van der Waals surface area (Å²) < 4.78 is 64.8. The molecule has 0 saturated heterocycles. The maximum Gasteiger partial charge on any atom is 0.456 e. The van der Waals surface area contributed by atoms with Crippen LogP contribution in [0.15, 0.2) is 12.2 Å². The first-order chi connectivity index (χ1) is 8.21. The molecule has 0 aliphatic heterocycles. The van der Waals surface area contributed by atoms with E-state index >= 15 is 0 Å². The lowest BCUT2D eigenvalue weighted by molar-refractivity contribution is -0.294. The Morgan fingerprint density at radius 1 is 1.17 bits per heavy atom. The Balaban J connectivity index is 1.88. The SMILES string of the molecule is O=C(OCC(F)(F)C(F)(F)F)C1CC2C=CC1C2. The number of carbonyl (C=O) groups is 1. The average molecular weight is 270 g/mol. The van der Waals surface area contributed by atoms with Crippen LogP contribution in [-0.4, -0.2) is 24.7 Å². The van der Waals surface area contributed by atoms with Crippen molar-refractivity contribution < 1.29 is 31.5 Å². The zero-order chi connectivity index (χ0) is 13.6. The number of hydrogen-bond acceptors (Lipinski definition) is 2. The van der Waals surface area contributed by atoms with Crippen LogP contribution in [0.2, 0.25) is 0 Å². The number of fused-ring (bicyclic) bond motifs is 2. The molecule has 3 atom stereocenters. The summed E-state index contributed by atoms with van der Waals surface area (Å²) >= 11 is 0. The van der Waals surface area contributed by atoms with Gasteiger partial charge in [-0.15, -0.1) is 0 Å². The molecule has 7 heteroatoms. The van der Waals surface area contributed by atoms with Gasteiger partial charge in [-0.1, -0.05) is 12.2 Å². The Kier molecular flexibility index (Phi) is 3.11. The maximum atomic E-state index is 12.5. The number of halogens is 5. The van der Waals surface area contributed by atoms with Crippen molar-refractivity contribution in [1.29, 1.82) is 0 Å². The van der Waals surface area contributed by atoms with Gasteiger partial charge in [-0.3, -0.25) is 4.79 Å². The molecule has 0 spiro atoms. The number of esters is 1. The molecule has 102 valence electrons. The van der Waals surface area contributed by atoms with Gasteiger partial charge in [0.2, 0.25) is 0 Å². The molecule has 2 bridgehead atoms. The highest BCUT2D eigenvalue weighted by Gasteiger charge is 2.58. The summed E-state index contributed by atoms with van der Waals surface area (Å²) in [6.45, 7) is -1.94. The Hall–Kier alpha value is -1.14. The number of allylic oxidation sites excluding steroid dienone is 2. The van der Waals surface area contributed by atoms with Gasteiger partial charge in [-0.05, 0) is 24.7 Å². The van der Waals surface area contributed by atoms with Crippen molar-refractivity contribution in [1.82, 2.24) is 0 Å². The summed E-state index contributed by atoms with van der Waals surface area (Å²) in [6, 6.07) is 0. The van der Waals surface area contributed by atoms with Crippen LogP contribution in [0.5, 0.6) is 0 Å². The van der Waals surface area contributed by atoms with Gasteiger partial charge in [-0.25, -0.2) is 0 Å². The number of carbonyl (C=O) groups excluding carboxylic acids is 1. The molecule has 2 aliphatic carbocycles. The minimum Gasteiger partial charge on any atom is -0.459 e. The summed E-state index contributed by atoms with van der Waals surface area (Å²) in [5.74, 6) is -6.40. The van der Waals surface area contributed by atoms with Crippen molar-refractivity contribution in [2.75, 3.05) is 6.61 Å². The molecule has 0 N–H and O–H groups in total. The summed E-state index contributed by atoms with van der Waals surface area (Å²) in [5, 5.41) is 0. The first kappa shape index (κ1) is 13.3. The van der Waals surface area contributed by atoms with E-state index in [0.29, 0.717) is 6.42 Å². The highest BCUT2D eigenvalue weighted by molar-refractivity contribution is 5.74. The highest BCUT2D eigenvalue weighted by atomic mass is 19.4. The molecule has 0 aromatic carbocycles. The van der Waals surface area contributed by atoms with Crippen molar-refractivity contribution in [3.8, 4) is 0 Å². The molecule has 2 aliphatic rings. The van der Waals surface area contributed by atoms with E-state index in [1.807, 2.05) is 6.08 Å². The number of ether oxygens (including phenoxy) is 1. The van der Waals surface area contributed by atoms with Crippen LogP contribution in [0.1, 0.15) is 12.8 Å². The Labute approximate surface area is 99.8 Å². The van der Waals surface area contributed by atoms with Gasteiger partial charge < -0.3 is 4.74 Å². The number of hydrogen-bond donors (Lipinski definition) is 0. The van der Waals surface area contributed by atoms with Crippen LogP contribution in [0.3, 0.4) is 0 Å². The number of alkyl halides is 5. The van der Waals surface area contributed by atoms with Crippen molar-refractivity contribution in [3.63, 3.8) is 0 Å². The third kappa shape index (κ3) is 2.35. The predicted molar refractivity (Wildman–Crippen MR) is 50.8 cm³/mol. The lowest BCUT2D eigenvalue weighted by Gasteiger charge is -2.21. The third-order valence-electron chi connectivity index (χ3n) is 3.39. The first-order valence-electron chi connectivity index (χ1n) is 5.50. The third-order valence-corrected chi connectivity index (χ3v) is 3.39. The van der Waals surface area contributed by atoms with Gasteiger partial charge in [0, 0.05) is 0 Å². The molecule has 18 heavy (non-hydrogen) atoms. The molecule has 0 aromatic heterocycles. The minimum absolute atomic E-state index is 0.0815. The van der Waals surface area contributed by atoms with Gasteiger partial charge in [0.15, 0.2) is 6.61 Å². The molecule has 0 amide bonds. The normalized spacial score (nSPS) is 30.8. The first-order valence-corrected chi connectivity index (χ1v) is 5.50. The van der Waals surface area contributed by atoms with E-state index in [9.17, 15) is 26.7 Å². The van der Waals surface area contributed by atoms with Crippen LogP contribution < -0.4 is 0 Å². The fraction of sp³-hybridized carbons (Fsp3) is 0.727. The standard InChI is InChI=1S/C11H11F5O2/c12-10(13,11(14,15)16)5-18-9(17)8-4-6-1-2-7(8)3-6/h1-2,6-8H,3-5H2. The molecule has 0 aromatic rings. The molecule has 1 saturated carbocycles. The molecule has 1 fully saturated rings. The quantitative estimate of drug-likeness (QED) is 0.448. The van der Waals surface area contributed by atoms with Crippen molar-refractivity contribution in [2.24, 2.45) is 17.8 Å². The van der Waals surface area contributed by atoms with E-state index in [4.69, 9.17) is 0 Å². The minimum atomic E-state index is -5.69. The second-order valence-electron chi connectivity index (χ2n) is 4.70. The summed E-state index contributed by atoms with van der Waals surface area (Å²) in [4.78, 5) is 11.5. The summed E-state index contributed by atoms with van der Waals surface area (Å²) in [7, 11) is 0. The van der Waals surface area contributed by atoms with E-state index in [1.165, 1.54) is 0 Å². The van der Waals surface area contributed by atoms with Gasteiger partial charge >= 0.3 is 18.1 Å². The van der Waals surface area contributed by atoms with Crippen molar-refractivity contribution in [2.45, 2.75) is 24.9 Å². The largest absolute Gasteiger partial charge is 0.459 e. The predicted octanol–water partition coefficient (Wildman–Crippen LogP) is 2.94. The number of rotatable bonds is 3. The molecular weight excluding hydrogens is 259 g/mol. The average Bonchev–Trinajstić information content (AvgIpc) is 2.85. The van der Waals surface area contributed by atoms with E-state index in [2.05, 4.69) is 4.74 Å². The van der Waals surface area contributed by atoms with E-state index in [1.54, 1.807) is 6.08 Å².